The molecule has 4 heteroatoms. The Morgan fingerprint density at radius 1 is 1.21 bits per heavy atom. The van der Waals surface area contributed by atoms with E-state index in [1.165, 1.54) is 0 Å². The summed E-state index contributed by atoms with van der Waals surface area (Å²) in [5, 5.41) is 28.3. The maximum atomic E-state index is 9.73. The van der Waals surface area contributed by atoms with Crippen molar-refractivity contribution in [2.24, 2.45) is 11.8 Å². The van der Waals surface area contributed by atoms with Gasteiger partial charge in [0.05, 0.1) is 18.8 Å². The van der Waals surface area contributed by atoms with Crippen LogP contribution in [-0.4, -0.2) is 46.3 Å². The van der Waals surface area contributed by atoms with Crippen LogP contribution in [0.5, 0.6) is 0 Å². The molecule has 84 valence electrons. The fourth-order valence-corrected chi connectivity index (χ4v) is 2.05. The SMILES string of the molecule is CC(C)[C@H]1OC(CO)[C@H](O)[C@H](O)C1C. The first-order valence-electron chi connectivity index (χ1n) is 5.11. The van der Waals surface area contributed by atoms with E-state index < -0.39 is 18.3 Å². The Labute approximate surface area is 84.5 Å². The van der Waals surface area contributed by atoms with Crippen LogP contribution in [0.15, 0.2) is 0 Å². The lowest BCUT2D eigenvalue weighted by molar-refractivity contribution is -0.215. The fraction of sp³-hybridized carbons (Fsp3) is 1.00. The molecular formula is C10H20O4. The predicted octanol–water partition coefficient (Wildman–Crippen LogP) is -0.240. The van der Waals surface area contributed by atoms with Crippen molar-refractivity contribution in [3.8, 4) is 0 Å². The number of hydrogen-bond donors (Lipinski definition) is 3. The highest BCUT2D eigenvalue weighted by Gasteiger charge is 2.42. The summed E-state index contributed by atoms with van der Waals surface area (Å²) in [7, 11) is 0. The molecule has 0 aliphatic carbocycles. The van der Waals surface area contributed by atoms with Crippen LogP contribution in [0.2, 0.25) is 0 Å². The molecule has 1 aliphatic heterocycles. The molecule has 0 aromatic rings. The first-order chi connectivity index (χ1) is 6.49. The largest absolute Gasteiger partial charge is 0.394 e. The molecule has 0 amide bonds. The number of ether oxygens (including phenoxy) is 1. The highest BCUT2D eigenvalue weighted by molar-refractivity contribution is 4.90. The maximum absolute atomic E-state index is 9.73. The summed E-state index contributed by atoms with van der Waals surface area (Å²) in [6.45, 7) is 5.60. The van der Waals surface area contributed by atoms with Crippen molar-refractivity contribution in [2.75, 3.05) is 6.61 Å². The van der Waals surface area contributed by atoms with Crippen LogP contribution in [-0.2, 0) is 4.74 Å². The quantitative estimate of drug-likeness (QED) is 0.580. The third-order valence-corrected chi connectivity index (χ3v) is 2.96. The zero-order chi connectivity index (χ0) is 10.9. The molecule has 2 unspecified atom stereocenters. The highest BCUT2D eigenvalue weighted by atomic mass is 16.5. The minimum atomic E-state index is -0.981. The summed E-state index contributed by atoms with van der Waals surface area (Å²) in [6.07, 6.45) is -2.56. The average molecular weight is 204 g/mol. The van der Waals surface area contributed by atoms with Crippen molar-refractivity contribution < 1.29 is 20.1 Å². The summed E-state index contributed by atoms with van der Waals surface area (Å²) in [5.41, 5.74) is 0. The molecule has 0 spiro atoms. The van der Waals surface area contributed by atoms with Gasteiger partial charge in [0.15, 0.2) is 0 Å². The van der Waals surface area contributed by atoms with Gasteiger partial charge in [0, 0.05) is 5.92 Å². The van der Waals surface area contributed by atoms with Crippen LogP contribution >= 0.6 is 0 Å². The molecule has 14 heavy (non-hydrogen) atoms. The number of rotatable bonds is 2. The van der Waals surface area contributed by atoms with E-state index in [2.05, 4.69) is 0 Å². The van der Waals surface area contributed by atoms with Gasteiger partial charge in [0.1, 0.15) is 12.2 Å². The van der Waals surface area contributed by atoms with Crippen LogP contribution in [0.25, 0.3) is 0 Å². The van der Waals surface area contributed by atoms with Crippen molar-refractivity contribution in [1.29, 1.82) is 0 Å². The molecular weight excluding hydrogens is 184 g/mol. The van der Waals surface area contributed by atoms with Crippen molar-refractivity contribution in [3.63, 3.8) is 0 Å². The molecule has 0 bridgehead atoms. The lowest BCUT2D eigenvalue weighted by atomic mass is 9.83. The van der Waals surface area contributed by atoms with E-state index in [0.29, 0.717) is 0 Å². The van der Waals surface area contributed by atoms with Crippen LogP contribution in [0.1, 0.15) is 20.8 Å². The fourth-order valence-electron chi connectivity index (χ4n) is 2.05. The average Bonchev–Trinajstić information content (AvgIpc) is 2.14. The Bertz CT molecular complexity index is 181. The maximum Gasteiger partial charge on any atom is 0.109 e. The topological polar surface area (TPSA) is 69.9 Å². The molecule has 1 fully saturated rings. The number of hydrogen-bond acceptors (Lipinski definition) is 4. The van der Waals surface area contributed by atoms with Gasteiger partial charge in [0.25, 0.3) is 0 Å². The van der Waals surface area contributed by atoms with E-state index >= 15 is 0 Å². The third kappa shape index (κ3) is 2.08. The van der Waals surface area contributed by atoms with Crippen LogP contribution in [0.3, 0.4) is 0 Å². The Morgan fingerprint density at radius 2 is 1.79 bits per heavy atom. The lowest BCUT2D eigenvalue weighted by Crippen LogP contribution is -2.55. The van der Waals surface area contributed by atoms with Gasteiger partial charge in [0.2, 0.25) is 0 Å². The smallest absolute Gasteiger partial charge is 0.109 e. The molecule has 0 aromatic heterocycles. The van der Waals surface area contributed by atoms with Gasteiger partial charge in [-0.2, -0.15) is 0 Å². The summed E-state index contributed by atoms with van der Waals surface area (Å²) in [6, 6.07) is 0. The molecule has 1 aliphatic rings. The monoisotopic (exact) mass is 204 g/mol. The van der Waals surface area contributed by atoms with E-state index in [0.717, 1.165) is 0 Å². The molecule has 5 atom stereocenters. The number of aliphatic hydroxyl groups excluding tert-OH is 3. The lowest BCUT2D eigenvalue weighted by Gasteiger charge is -2.42. The van der Waals surface area contributed by atoms with Crippen LogP contribution < -0.4 is 0 Å². The van der Waals surface area contributed by atoms with Gasteiger partial charge in [-0.25, -0.2) is 0 Å². The molecule has 1 rings (SSSR count). The Morgan fingerprint density at radius 3 is 2.21 bits per heavy atom. The van der Waals surface area contributed by atoms with Gasteiger partial charge >= 0.3 is 0 Å². The number of aliphatic hydroxyl groups is 3. The van der Waals surface area contributed by atoms with E-state index in [1.807, 2.05) is 20.8 Å². The van der Waals surface area contributed by atoms with Crippen molar-refractivity contribution in [3.05, 3.63) is 0 Å². The van der Waals surface area contributed by atoms with Gasteiger partial charge < -0.3 is 20.1 Å². The zero-order valence-corrected chi connectivity index (χ0v) is 8.92. The third-order valence-electron chi connectivity index (χ3n) is 2.96. The first-order valence-corrected chi connectivity index (χ1v) is 5.11. The molecule has 1 saturated heterocycles. The van der Waals surface area contributed by atoms with Crippen molar-refractivity contribution in [2.45, 2.75) is 45.2 Å². The first kappa shape index (κ1) is 11.9. The van der Waals surface area contributed by atoms with Crippen molar-refractivity contribution >= 4 is 0 Å². The molecule has 4 nitrogen and oxygen atoms in total. The highest BCUT2D eigenvalue weighted by Crippen LogP contribution is 2.29. The molecule has 0 radical (unpaired) electrons. The van der Waals surface area contributed by atoms with Gasteiger partial charge in [-0.1, -0.05) is 20.8 Å². The second kappa shape index (κ2) is 4.57. The van der Waals surface area contributed by atoms with Gasteiger partial charge in [-0.3, -0.25) is 0 Å². The van der Waals surface area contributed by atoms with Crippen LogP contribution in [0.4, 0.5) is 0 Å². The minimum absolute atomic E-state index is 0.104. The molecule has 0 aromatic carbocycles. The minimum Gasteiger partial charge on any atom is -0.394 e. The van der Waals surface area contributed by atoms with Crippen LogP contribution in [0, 0.1) is 11.8 Å². The van der Waals surface area contributed by atoms with E-state index in [4.69, 9.17) is 9.84 Å². The Balaban J connectivity index is 2.73. The normalized spacial score (nSPS) is 44.4. The zero-order valence-electron chi connectivity index (χ0n) is 8.92. The van der Waals surface area contributed by atoms with Gasteiger partial charge in [-0.15, -0.1) is 0 Å². The molecule has 0 saturated carbocycles. The predicted molar refractivity (Wildman–Crippen MR) is 51.8 cm³/mol. The van der Waals surface area contributed by atoms with E-state index in [9.17, 15) is 10.2 Å². The second-order valence-electron chi connectivity index (χ2n) is 4.41. The Hall–Kier alpha value is -0.160. The van der Waals surface area contributed by atoms with E-state index in [-0.39, 0.29) is 24.5 Å². The standard InChI is InChI=1S/C10H20O4/c1-5(2)10-6(3)8(12)9(13)7(4-11)14-10/h5-13H,4H2,1-3H3/t6?,7?,8-,9+,10-/m1/s1. The summed E-state index contributed by atoms with van der Waals surface area (Å²) >= 11 is 0. The van der Waals surface area contributed by atoms with E-state index in [1.54, 1.807) is 0 Å². The van der Waals surface area contributed by atoms with Gasteiger partial charge in [-0.05, 0) is 5.92 Å². The molecule has 1 heterocycles. The van der Waals surface area contributed by atoms with Crippen molar-refractivity contribution in [1.82, 2.24) is 0 Å². The summed E-state index contributed by atoms with van der Waals surface area (Å²) < 4.78 is 5.53. The summed E-state index contributed by atoms with van der Waals surface area (Å²) in [5.74, 6) is 0.161. The molecule has 3 N–H and O–H groups in total. The summed E-state index contributed by atoms with van der Waals surface area (Å²) in [4.78, 5) is 0. The Kier molecular flexibility index (Phi) is 3.89. The second-order valence-corrected chi connectivity index (χ2v) is 4.41.